The van der Waals surface area contributed by atoms with Gasteiger partial charge in [-0.25, -0.2) is 8.42 Å². The summed E-state index contributed by atoms with van der Waals surface area (Å²) in [7, 11) is -2.33. The van der Waals surface area contributed by atoms with E-state index in [1.807, 2.05) is 36.4 Å². The van der Waals surface area contributed by atoms with Crippen molar-refractivity contribution in [1.82, 2.24) is 9.62 Å². The van der Waals surface area contributed by atoms with Gasteiger partial charge in [0.05, 0.1) is 25.2 Å². The number of hydrogen-bond acceptors (Lipinski definition) is 7. The van der Waals surface area contributed by atoms with E-state index >= 15 is 0 Å². The molecule has 4 rings (SSSR count). The molecular formula is C27H34N2O7S. The maximum absolute atomic E-state index is 13.1. The van der Waals surface area contributed by atoms with Crippen LogP contribution in [-0.2, 0) is 30.8 Å². The van der Waals surface area contributed by atoms with Crippen LogP contribution in [0.5, 0.6) is 5.75 Å². The number of hydrogen-bond donors (Lipinski definition) is 2. The summed E-state index contributed by atoms with van der Waals surface area (Å²) < 4.78 is 44.3. The van der Waals surface area contributed by atoms with E-state index in [1.165, 1.54) is 23.5 Å². The van der Waals surface area contributed by atoms with Crippen LogP contribution in [0.4, 0.5) is 0 Å². The van der Waals surface area contributed by atoms with Crippen molar-refractivity contribution in [3.63, 3.8) is 0 Å². The number of rotatable bonds is 13. The number of carbonyl (C=O) groups is 1. The van der Waals surface area contributed by atoms with Crippen LogP contribution in [-0.4, -0.2) is 63.4 Å². The Balaban J connectivity index is 1.35. The molecule has 2 aromatic carbocycles. The van der Waals surface area contributed by atoms with Gasteiger partial charge in [-0.3, -0.25) is 4.79 Å². The first-order valence-corrected chi connectivity index (χ1v) is 13.9. The number of nitrogens with zero attached hydrogens (tertiary/aromatic N) is 1. The third kappa shape index (κ3) is 7.32. The first kappa shape index (κ1) is 27.1. The average molecular weight is 531 g/mol. The molecule has 0 aromatic heterocycles. The SMILES string of the molecule is COc1ccc(S(=O)(=O)N(CCO)CCO[C@H]2C[C@@H](C3CC3)C=C(C(=O)NCc3ccccc3)O2)cc1. The highest BCUT2D eigenvalue weighted by Gasteiger charge is 2.37. The molecular weight excluding hydrogens is 496 g/mol. The highest BCUT2D eigenvalue weighted by atomic mass is 32.2. The molecule has 1 amide bonds. The fourth-order valence-corrected chi connectivity index (χ4v) is 5.72. The highest BCUT2D eigenvalue weighted by Crippen LogP contribution is 2.42. The molecule has 37 heavy (non-hydrogen) atoms. The minimum atomic E-state index is -3.84. The number of aliphatic hydroxyl groups is 1. The maximum atomic E-state index is 13.1. The number of carbonyl (C=O) groups excluding carboxylic acids is 1. The predicted octanol–water partition coefficient (Wildman–Crippen LogP) is 2.67. The Morgan fingerprint density at radius 2 is 1.84 bits per heavy atom. The number of benzene rings is 2. The zero-order valence-electron chi connectivity index (χ0n) is 20.9. The quantitative estimate of drug-likeness (QED) is 0.409. The van der Waals surface area contributed by atoms with Gasteiger partial charge in [-0.1, -0.05) is 30.3 Å². The minimum Gasteiger partial charge on any atom is -0.497 e. The van der Waals surface area contributed by atoms with Gasteiger partial charge < -0.3 is 24.6 Å². The van der Waals surface area contributed by atoms with Gasteiger partial charge in [0.15, 0.2) is 5.76 Å². The van der Waals surface area contributed by atoms with Crippen molar-refractivity contribution in [1.29, 1.82) is 0 Å². The summed E-state index contributed by atoms with van der Waals surface area (Å²) >= 11 is 0. The lowest BCUT2D eigenvalue weighted by Gasteiger charge is -2.30. The molecule has 0 spiro atoms. The second-order valence-corrected chi connectivity index (χ2v) is 11.1. The highest BCUT2D eigenvalue weighted by molar-refractivity contribution is 7.89. The van der Waals surface area contributed by atoms with Crippen LogP contribution < -0.4 is 10.1 Å². The minimum absolute atomic E-state index is 0.0299. The van der Waals surface area contributed by atoms with E-state index in [1.54, 1.807) is 12.1 Å². The Hall–Kier alpha value is -2.92. The summed E-state index contributed by atoms with van der Waals surface area (Å²) in [5.41, 5.74) is 0.987. The van der Waals surface area contributed by atoms with Crippen molar-refractivity contribution in [2.45, 2.75) is 37.0 Å². The summed E-state index contributed by atoms with van der Waals surface area (Å²) in [6.45, 7) is 0.0757. The smallest absolute Gasteiger partial charge is 0.286 e. The normalized spacial score (nSPS) is 19.7. The standard InChI is InChI=1S/C27H34N2O7S/c1-34-23-9-11-24(12-10-23)37(32,33)29(13-15-30)14-16-35-26-18-22(21-7-8-21)17-25(36-26)27(31)28-19-20-5-3-2-4-6-20/h2-6,9-12,17,21-22,26,30H,7-8,13-16,18-19H2,1H3,(H,28,31)/t22-,26+/m0/s1. The van der Waals surface area contributed by atoms with Crippen molar-refractivity contribution in [2.24, 2.45) is 11.8 Å². The van der Waals surface area contributed by atoms with Gasteiger partial charge in [0.1, 0.15) is 5.75 Å². The molecule has 1 saturated carbocycles. The van der Waals surface area contributed by atoms with E-state index in [-0.39, 0.29) is 48.8 Å². The molecule has 1 heterocycles. The lowest BCUT2D eigenvalue weighted by atomic mass is 9.96. The largest absolute Gasteiger partial charge is 0.497 e. The molecule has 200 valence electrons. The van der Waals surface area contributed by atoms with Crippen LogP contribution >= 0.6 is 0 Å². The number of ether oxygens (including phenoxy) is 3. The molecule has 2 aromatic rings. The maximum Gasteiger partial charge on any atom is 0.286 e. The fourth-order valence-electron chi connectivity index (χ4n) is 4.31. The Morgan fingerprint density at radius 1 is 1.11 bits per heavy atom. The van der Waals surface area contributed by atoms with E-state index < -0.39 is 16.3 Å². The monoisotopic (exact) mass is 530 g/mol. The van der Waals surface area contributed by atoms with Crippen molar-refractivity contribution >= 4 is 15.9 Å². The first-order chi connectivity index (χ1) is 17.9. The fraction of sp³-hybridized carbons (Fsp3) is 0.444. The Bertz CT molecular complexity index is 1170. The summed E-state index contributed by atoms with van der Waals surface area (Å²) in [5, 5.41) is 12.4. The van der Waals surface area contributed by atoms with Crippen LogP contribution in [0.2, 0.25) is 0 Å². The molecule has 0 radical (unpaired) electrons. The lowest BCUT2D eigenvalue weighted by Crippen LogP contribution is -2.38. The molecule has 2 atom stereocenters. The van der Waals surface area contributed by atoms with E-state index in [2.05, 4.69) is 5.32 Å². The van der Waals surface area contributed by atoms with E-state index in [0.717, 1.165) is 18.4 Å². The third-order valence-corrected chi connectivity index (χ3v) is 8.44. The summed E-state index contributed by atoms with van der Waals surface area (Å²) in [6.07, 6.45) is 4.05. The van der Waals surface area contributed by atoms with Crippen LogP contribution in [0.1, 0.15) is 24.8 Å². The molecule has 9 nitrogen and oxygen atoms in total. The summed E-state index contributed by atoms with van der Waals surface area (Å²) in [4.78, 5) is 12.9. The molecule has 2 N–H and O–H groups in total. The Labute approximate surface area is 218 Å². The predicted molar refractivity (Wildman–Crippen MR) is 137 cm³/mol. The number of allylic oxidation sites excluding steroid dienone is 1. The number of methoxy groups -OCH3 is 1. The second-order valence-electron chi connectivity index (χ2n) is 9.16. The molecule has 2 aliphatic rings. The lowest BCUT2D eigenvalue weighted by molar-refractivity contribution is -0.150. The first-order valence-electron chi connectivity index (χ1n) is 12.5. The van der Waals surface area contributed by atoms with Gasteiger partial charge in [0, 0.05) is 26.1 Å². The average Bonchev–Trinajstić information content (AvgIpc) is 3.77. The molecule has 1 fully saturated rings. The molecule has 0 unspecified atom stereocenters. The van der Waals surface area contributed by atoms with Gasteiger partial charge in [-0.05, 0) is 60.6 Å². The van der Waals surface area contributed by atoms with Crippen LogP contribution in [0.15, 0.2) is 71.3 Å². The van der Waals surface area contributed by atoms with Crippen LogP contribution in [0.3, 0.4) is 0 Å². The van der Waals surface area contributed by atoms with Gasteiger partial charge in [-0.15, -0.1) is 0 Å². The second kappa shape index (κ2) is 12.6. The molecule has 10 heteroatoms. The van der Waals surface area contributed by atoms with Gasteiger partial charge in [0.2, 0.25) is 16.3 Å². The Kier molecular flexibility index (Phi) is 9.20. The van der Waals surface area contributed by atoms with Crippen LogP contribution in [0, 0.1) is 11.8 Å². The van der Waals surface area contributed by atoms with Gasteiger partial charge in [0.25, 0.3) is 5.91 Å². The number of sulfonamides is 1. The zero-order valence-corrected chi connectivity index (χ0v) is 21.7. The van der Waals surface area contributed by atoms with Gasteiger partial charge >= 0.3 is 0 Å². The summed E-state index contributed by atoms with van der Waals surface area (Å²) in [5.74, 6) is 1.17. The van der Waals surface area contributed by atoms with E-state index in [4.69, 9.17) is 14.2 Å². The van der Waals surface area contributed by atoms with E-state index in [0.29, 0.717) is 24.6 Å². The number of aliphatic hydroxyl groups excluding tert-OH is 1. The topological polar surface area (TPSA) is 114 Å². The van der Waals surface area contributed by atoms with Crippen LogP contribution in [0.25, 0.3) is 0 Å². The third-order valence-electron chi connectivity index (χ3n) is 6.53. The molecule has 0 bridgehead atoms. The zero-order chi connectivity index (χ0) is 26.3. The van der Waals surface area contributed by atoms with Gasteiger partial charge in [-0.2, -0.15) is 4.31 Å². The number of nitrogens with one attached hydrogen (secondary N) is 1. The molecule has 1 aliphatic carbocycles. The van der Waals surface area contributed by atoms with Crippen molar-refractivity contribution in [3.05, 3.63) is 72.0 Å². The molecule has 1 aliphatic heterocycles. The molecule has 0 saturated heterocycles. The van der Waals surface area contributed by atoms with Crippen molar-refractivity contribution < 1.29 is 32.5 Å². The van der Waals surface area contributed by atoms with E-state index in [9.17, 15) is 18.3 Å². The number of amides is 1. The Morgan fingerprint density at radius 3 is 2.49 bits per heavy atom. The summed E-state index contributed by atoms with van der Waals surface area (Å²) in [6, 6.07) is 15.7. The van der Waals surface area contributed by atoms with Crippen molar-refractivity contribution in [3.8, 4) is 5.75 Å². The van der Waals surface area contributed by atoms with Crippen molar-refractivity contribution in [2.75, 3.05) is 33.4 Å².